The number of carbonyl (C=O) groups excluding carboxylic acids is 1. The van der Waals surface area contributed by atoms with E-state index in [0.29, 0.717) is 11.3 Å². The molecule has 6 heteroatoms. The van der Waals surface area contributed by atoms with Gasteiger partial charge in [0.05, 0.1) is 12.6 Å². The first kappa shape index (κ1) is 12.1. The van der Waals surface area contributed by atoms with Crippen molar-refractivity contribution in [3.8, 4) is 0 Å². The molecule has 0 aliphatic carbocycles. The molecule has 1 aromatic carbocycles. The van der Waals surface area contributed by atoms with Gasteiger partial charge in [-0.2, -0.15) is 0 Å². The Kier molecular flexibility index (Phi) is 3.16. The number of hydrogen-bond acceptors (Lipinski definition) is 4. The van der Waals surface area contributed by atoms with Crippen LogP contribution in [0.25, 0.3) is 11.0 Å². The number of hydrogen-bond donors (Lipinski definition) is 2. The van der Waals surface area contributed by atoms with Crippen LogP contribution in [0.3, 0.4) is 0 Å². The van der Waals surface area contributed by atoms with Crippen LogP contribution >= 0.6 is 0 Å². The van der Waals surface area contributed by atoms with Crippen molar-refractivity contribution in [2.45, 2.75) is 25.2 Å². The second kappa shape index (κ2) is 4.97. The van der Waals surface area contributed by atoms with Crippen molar-refractivity contribution in [2.24, 2.45) is 0 Å². The van der Waals surface area contributed by atoms with Crippen LogP contribution in [-0.4, -0.2) is 29.8 Å². The maximum absolute atomic E-state index is 13.0. The molecule has 2 aromatic rings. The number of nitrogens with one attached hydrogen (secondary N) is 2. The number of para-hydroxylation sites is 1. The molecule has 0 radical (unpaired) electrons. The van der Waals surface area contributed by atoms with Gasteiger partial charge in [-0.1, -0.05) is 17.3 Å². The summed E-state index contributed by atoms with van der Waals surface area (Å²) in [5, 5.41) is 10.4. The van der Waals surface area contributed by atoms with Gasteiger partial charge in [0.2, 0.25) is 5.91 Å². The summed E-state index contributed by atoms with van der Waals surface area (Å²) >= 11 is 0. The van der Waals surface area contributed by atoms with E-state index in [2.05, 4.69) is 15.8 Å². The fraction of sp³-hybridized carbons (Fsp3) is 0.385. The number of aromatic nitrogens is 1. The van der Waals surface area contributed by atoms with Crippen LogP contribution in [0.1, 0.15) is 12.1 Å². The lowest BCUT2D eigenvalue weighted by molar-refractivity contribution is -0.123. The Hall–Kier alpha value is -1.95. The van der Waals surface area contributed by atoms with E-state index in [1.54, 1.807) is 0 Å². The first-order valence-corrected chi connectivity index (χ1v) is 6.22. The number of fused-ring (bicyclic) bond motifs is 1. The van der Waals surface area contributed by atoms with Crippen molar-refractivity contribution in [3.05, 3.63) is 30.0 Å². The Balaban J connectivity index is 1.64. The summed E-state index contributed by atoms with van der Waals surface area (Å²) in [4.78, 5) is 11.8. The third-order valence-electron chi connectivity index (χ3n) is 3.28. The van der Waals surface area contributed by atoms with Gasteiger partial charge in [0.1, 0.15) is 11.9 Å². The molecule has 2 N–H and O–H groups in total. The monoisotopic (exact) mass is 263 g/mol. The highest BCUT2D eigenvalue weighted by atomic mass is 19.1. The number of alkyl halides is 1. The van der Waals surface area contributed by atoms with Gasteiger partial charge < -0.3 is 15.2 Å². The summed E-state index contributed by atoms with van der Waals surface area (Å²) in [5.41, 5.74) is 1.37. The zero-order chi connectivity index (χ0) is 13.2. The zero-order valence-electron chi connectivity index (χ0n) is 10.2. The standard InChI is InChI=1S/C13H14FN3O2/c14-8-5-10(15-6-8)13(18)16-7-11-9-3-1-2-4-12(9)19-17-11/h1-4,8,10,15H,5-7H2,(H,16,18)/t8-,10+/m1/s1. The van der Waals surface area contributed by atoms with Gasteiger partial charge in [-0.15, -0.1) is 0 Å². The quantitative estimate of drug-likeness (QED) is 0.871. The Morgan fingerprint density at radius 3 is 3.16 bits per heavy atom. The van der Waals surface area contributed by atoms with Gasteiger partial charge in [0, 0.05) is 18.4 Å². The minimum absolute atomic E-state index is 0.202. The second-order valence-electron chi connectivity index (χ2n) is 4.64. The number of carbonyl (C=O) groups is 1. The molecular weight excluding hydrogens is 249 g/mol. The van der Waals surface area contributed by atoms with Crippen LogP contribution in [0, 0.1) is 0 Å². The van der Waals surface area contributed by atoms with Gasteiger partial charge in [-0.05, 0) is 12.1 Å². The molecule has 0 spiro atoms. The van der Waals surface area contributed by atoms with Crippen molar-refractivity contribution < 1.29 is 13.7 Å². The van der Waals surface area contributed by atoms with Crippen molar-refractivity contribution >= 4 is 16.9 Å². The van der Waals surface area contributed by atoms with E-state index >= 15 is 0 Å². The highest BCUT2D eigenvalue weighted by molar-refractivity contribution is 5.83. The smallest absolute Gasteiger partial charge is 0.237 e. The second-order valence-corrected chi connectivity index (χ2v) is 4.64. The third kappa shape index (κ3) is 2.44. The Morgan fingerprint density at radius 1 is 1.53 bits per heavy atom. The van der Waals surface area contributed by atoms with Crippen LogP contribution in [0.2, 0.25) is 0 Å². The normalized spacial score (nSPS) is 22.8. The first-order chi connectivity index (χ1) is 9.24. The molecule has 1 amide bonds. The zero-order valence-corrected chi connectivity index (χ0v) is 10.2. The molecule has 5 nitrogen and oxygen atoms in total. The Labute approximate surface area is 109 Å². The Morgan fingerprint density at radius 2 is 2.37 bits per heavy atom. The molecule has 2 atom stereocenters. The van der Waals surface area contributed by atoms with Crippen LogP contribution in [-0.2, 0) is 11.3 Å². The molecule has 0 unspecified atom stereocenters. The van der Waals surface area contributed by atoms with Gasteiger partial charge >= 0.3 is 0 Å². The molecular formula is C13H14FN3O2. The van der Waals surface area contributed by atoms with E-state index in [1.807, 2.05) is 24.3 Å². The highest BCUT2D eigenvalue weighted by Gasteiger charge is 2.29. The van der Waals surface area contributed by atoms with Crippen LogP contribution < -0.4 is 10.6 Å². The molecule has 3 rings (SSSR count). The predicted molar refractivity (Wildman–Crippen MR) is 67.2 cm³/mol. The van der Waals surface area contributed by atoms with E-state index in [-0.39, 0.29) is 25.4 Å². The van der Waals surface area contributed by atoms with Gasteiger partial charge in [-0.25, -0.2) is 4.39 Å². The van der Waals surface area contributed by atoms with E-state index in [4.69, 9.17) is 4.52 Å². The van der Waals surface area contributed by atoms with Crippen molar-refractivity contribution in [3.63, 3.8) is 0 Å². The van der Waals surface area contributed by atoms with Gasteiger partial charge in [0.15, 0.2) is 5.58 Å². The molecule has 1 fully saturated rings. The molecule has 0 bridgehead atoms. The fourth-order valence-electron chi connectivity index (χ4n) is 2.25. The molecule has 100 valence electrons. The molecule has 1 aromatic heterocycles. The molecule has 1 aliphatic rings. The van der Waals surface area contributed by atoms with E-state index < -0.39 is 12.2 Å². The average molecular weight is 263 g/mol. The molecule has 19 heavy (non-hydrogen) atoms. The lowest BCUT2D eigenvalue weighted by Crippen LogP contribution is -2.40. The lowest BCUT2D eigenvalue weighted by atomic mass is 10.2. The van der Waals surface area contributed by atoms with Crippen molar-refractivity contribution in [1.82, 2.24) is 15.8 Å². The third-order valence-corrected chi connectivity index (χ3v) is 3.28. The maximum Gasteiger partial charge on any atom is 0.237 e. The number of nitrogens with zero attached hydrogens (tertiary/aromatic N) is 1. The minimum Gasteiger partial charge on any atom is -0.356 e. The topological polar surface area (TPSA) is 67.2 Å². The number of rotatable bonds is 3. The average Bonchev–Trinajstić information content (AvgIpc) is 3.02. The molecule has 1 saturated heterocycles. The number of benzene rings is 1. The van der Waals surface area contributed by atoms with Crippen LogP contribution in [0.5, 0.6) is 0 Å². The number of amides is 1. The summed E-state index contributed by atoms with van der Waals surface area (Å²) in [6.45, 7) is 0.524. The maximum atomic E-state index is 13.0. The van der Waals surface area contributed by atoms with E-state index in [9.17, 15) is 9.18 Å². The minimum atomic E-state index is -0.941. The fourth-order valence-corrected chi connectivity index (χ4v) is 2.25. The molecule has 2 heterocycles. The Bertz CT molecular complexity index is 598. The summed E-state index contributed by atoms with van der Waals surface area (Å²) in [7, 11) is 0. The van der Waals surface area contributed by atoms with Gasteiger partial charge in [0.25, 0.3) is 0 Å². The molecule has 0 saturated carbocycles. The first-order valence-electron chi connectivity index (χ1n) is 6.22. The van der Waals surface area contributed by atoms with Crippen LogP contribution in [0.15, 0.2) is 28.8 Å². The van der Waals surface area contributed by atoms with Crippen LogP contribution in [0.4, 0.5) is 4.39 Å². The van der Waals surface area contributed by atoms with Gasteiger partial charge in [-0.3, -0.25) is 4.79 Å². The summed E-state index contributed by atoms with van der Waals surface area (Å²) in [6.07, 6.45) is -0.714. The summed E-state index contributed by atoms with van der Waals surface area (Å²) < 4.78 is 18.1. The number of halogens is 1. The summed E-state index contributed by atoms with van der Waals surface area (Å²) in [6, 6.07) is 7.00. The van der Waals surface area contributed by atoms with Crippen molar-refractivity contribution in [2.75, 3.05) is 6.54 Å². The lowest BCUT2D eigenvalue weighted by Gasteiger charge is -2.09. The molecule has 1 aliphatic heterocycles. The van der Waals surface area contributed by atoms with E-state index in [1.165, 1.54) is 0 Å². The highest BCUT2D eigenvalue weighted by Crippen LogP contribution is 2.17. The van der Waals surface area contributed by atoms with Crippen molar-refractivity contribution in [1.29, 1.82) is 0 Å². The largest absolute Gasteiger partial charge is 0.356 e. The summed E-state index contributed by atoms with van der Waals surface area (Å²) in [5.74, 6) is -0.202. The SMILES string of the molecule is O=C(NCc1noc2ccccc12)[C@@H]1C[C@@H](F)CN1. The van der Waals surface area contributed by atoms with E-state index in [0.717, 1.165) is 5.39 Å². The predicted octanol–water partition coefficient (Wildman–Crippen LogP) is 1.14.